The minimum absolute atomic E-state index is 0.00139. The third-order valence-corrected chi connectivity index (χ3v) is 4.89. The number of hydrogen-bond donors (Lipinski definition) is 2. The molecule has 3 N–H and O–H groups in total. The Bertz CT molecular complexity index is 664. The number of nitrogens with one attached hydrogen (secondary N) is 1. The largest absolute Gasteiger partial charge is 0.283 e. The molecular weight excluding hydrogens is 288 g/mol. The van der Waals surface area contributed by atoms with Gasteiger partial charge in [-0.2, -0.15) is 0 Å². The zero-order valence-electron chi connectivity index (χ0n) is 11.0. The number of nitrogens with two attached hydrogens (primary N) is 1. The number of primary sulfonamides is 1. The highest BCUT2D eigenvalue weighted by Crippen LogP contribution is 2.20. The lowest BCUT2D eigenvalue weighted by molar-refractivity contribution is 0.587. The second-order valence-electron chi connectivity index (χ2n) is 4.80. The Morgan fingerprint density at radius 3 is 2.21 bits per heavy atom. The van der Waals surface area contributed by atoms with Crippen LogP contribution >= 0.6 is 0 Å². The van der Waals surface area contributed by atoms with Crippen molar-refractivity contribution in [3.8, 4) is 0 Å². The van der Waals surface area contributed by atoms with Crippen LogP contribution in [0.4, 0.5) is 5.69 Å². The molecule has 0 aliphatic heterocycles. The summed E-state index contributed by atoms with van der Waals surface area (Å²) in [4.78, 5) is -0.0446. The van der Waals surface area contributed by atoms with Crippen LogP contribution in [0.15, 0.2) is 23.1 Å². The maximum Gasteiger partial charge on any atom is 0.238 e. The zero-order chi connectivity index (χ0) is 14.8. The van der Waals surface area contributed by atoms with E-state index in [4.69, 9.17) is 5.14 Å². The number of aryl methyl sites for hydroxylation is 1. The molecule has 0 saturated carbocycles. The van der Waals surface area contributed by atoms with Crippen LogP contribution in [0.1, 0.15) is 19.4 Å². The van der Waals surface area contributed by atoms with Crippen LogP contribution in [0, 0.1) is 12.8 Å². The van der Waals surface area contributed by atoms with Crippen LogP contribution in [0.3, 0.4) is 0 Å². The molecule has 1 rings (SSSR count). The Balaban J connectivity index is 3.06. The van der Waals surface area contributed by atoms with Gasteiger partial charge in [-0.3, -0.25) is 4.72 Å². The Morgan fingerprint density at radius 2 is 1.79 bits per heavy atom. The van der Waals surface area contributed by atoms with E-state index in [2.05, 4.69) is 4.72 Å². The molecule has 0 heterocycles. The van der Waals surface area contributed by atoms with Gasteiger partial charge < -0.3 is 0 Å². The van der Waals surface area contributed by atoms with E-state index in [0.717, 1.165) is 0 Å². The maximum absolute atomic E-state index is 11.8. The Hall–Kier alpha value is -1.12. The molecule has 0 radical (unpaired) electrons. The summed E-state index contributed by atoms with van der Waals surface area (Å²) >= 11 is 0. The van der Waals surface area contributed by atoms with Crippen molar-refractivity contribution in [1.29, 1.82) is 0 Å². The number of sulfonamides is 2. The van der Waals surface area contributed by atoms with Crippen molar-refractivity contribution < 1.29 is 16.8 Å². The molecule has 0 saturated heterocycles. The van der Waals surface area contributed by atoms with E-state index in [1.165, 1.54) is 18.2 Å². The van der Waals surface area contributed by atoms with Crippen LogP contribution in [-0.2, 0) is 20.0 Å². The molecule has 0 aliphatic rings. The average molecular weight is 306 g/mol. The van der Waals surface area contributed by atoms with Gasteiger partial charge in [0.1, 0.15) is 0 Å². The highest BCUT2D eigenvalue weighted by Gasteiger charge is 2.15. The molecule has 0 unspecified atom stereocenters. The lowest BCUT2D eigenvalue weighted by atomic mass is 10.2. The molecule has 1 aromatic rings. The Labute approximate surface area is 114 Å². The van der Waals surface area contributed by atoms with Gasteiger partial charge in [-0.15, -0.1) is 0 Å². The fourth-order valence-corrected chi connectivity index (χ4v) is 3.70. The third-order valence-electron chi connectivity index (χ3n) is 2.34. The van der Waals surface area contributed by atoms with Gasteiger partial charge in [0.2, 0.25) is 20.0 Å². The molecule has 0 amide bonds. The van der Waals surface area contributed by atoms with Crippen molar-refractivity contribution in [3.05, 3.63) is 23.8 Å². The molecule has 0 fully saturated rings. The summed E-state index contributed by atoms with van der Waals surface area (Å²) in [5.74, 6) is 0.00474. The topological polar surface area (TPSA) is 106 Å². The van der Waals surface area contributed by atoms with Crippen molar-refractivity contribution in [2.45, 2.75) is 25.7 Å². The molecule has 108 valence electrons. The van der Waals surface area contributed by atoms with Gasteiger partial charge in [-0.05, 0) is 36.6 Å². The van der Waals surface area contributed by atoms with Crippen LogP contribution in [-0.4, -0.2) is 22.6 Å². The minimum Gasteiger partial charge on any atom is -0.283 e. The van der Waals surface area contributed by atoms with Crippen molar-refractivity contribution in [1.82, 2.24) is 0 Å². The predicted octanol–water partition coefficient (Wildman–Crippen LogP) is 1.04. The zero-order valence-corrected chi connectivity index (χ0v) is 12.7. The van der Waals surface area contributed by atoms with E-state index < -0.39 is 20.0 Å². The predicted molar refractivity (Wildman–Crippen MR) is 74.8 cm³/mol. The van der Waals surface area contributed by atoms with Gasteiger partial charge in [-0.1, -0.05) is 13.8 Å². The number of anilines is 1. The quantitative estimate of drug-likeness (QED) is 0.847. The molecule has 19 heavy (non-hydrogen) atoms. The summed E-state index contributed by atoms with van der Waals surface area (Å²) in [5, 5.41) is 5.00. The number of hydrogen-bond acceptors (Lipinski definition) is 4. The van der Waals surface area contributed by atoms with E-state index in [1.807, 2.05) is 0 Å². The normalized spacial score (nSPS) is 12.7. The molecule has 1 aromatic carbocycles. The van der Waals surface area contributed by atoms with Crippen LogP contribution in [0.25, 0.3) is 0 Å². The van der Waals surface area contributed by atoms with Crippen molar-refractivity contribution in [2.24, 2.45) is 11.1 Å². The van der Waals surface area contributed by atoms with E-state index in [1.54, 1.807) is 20.8 Å². The van der Waals surface area contributed by atoms with E-state index in [-0.39, 0.29) is 16.6 Å². The van der Waals surface area contributed by atoms with Gasteiger partial charge in [0.15, 0.2) is 0 Å². The van der Waals surface area contributed by atoms with E-state index >= 15 is 0 Å². The first kappa shape index (κ1) is 15.9. The molecular formula is C11H18N2O4S2. The second kappa shape index (κ2) is 5.48. The standard InChI is InChI=1S/C11H18N2O4S2/c1-8(2)7-18(14,15)13-11-5-4-10(6-9(11)3)19(12,16)17/h4-6,8,13H,7H2,1-3H3,(H2,12,16,17). The van der Waals surface area contributed by atoms with Gasteiger partial charge in [0.05, 0.1) is 16.3 Å². The van der Waals surface area contributed by atoms with Crippen LogP contribution < -0.4 is 9.86 Å². The number of rotatable bonds is 5. The van der Waals surface area contributed by atoms with Crippen molar-refractivity contribution in [2.75, 3.05) is 10.5 Å². The Kier molecular flexibility index (Phi) is 4.59. The summed E-state index contributed by atoms with van der Waals surface area (Å²) in [5.41, 5.74) is 0.854. The van der Waals surface area contributed by atoms with Gasteiger partial charge >= 0.3 is 0 Å². The van der Waals surface area contributed by atoms with E-state index in [9.17, 15) is 16.8 Å². The molecule has 8 heteroatoms. The minimum atomic E-state index is -3.78. The summed E-state index contributed by atoms with van der Waals surface area (Å²) < 4.78 is 48.3. The van der Waals surface area contributed by atoms with E-state index in [0.29, 0.717) is 11.3 Å². The first-order valence-electron chi connectivity index (χ1n) is 5.65. The second-order valence-corrected chi connectivity index (χ2v) is 8.13. The highest BCUT2D eigenvalue weighted by atomic mass is 32.2. The molecule has 0 aromatic heterocycles. The Morgan fingerprint density at radius 1 is 1.21 bits per heavy atom. The lowest BCUT2D eigenvalue weighted by Crippen LogP contribution is -2.20. The number of benzene rings is 1. The monoisotopic (exact) mass is 306 g/mol. The smallest absolute Gasteiger partial charge is 0.238 e. The molecule has 6 nitrogen and oxygen atoms in total. The van der Waals surface area contributed by atoms with Crippen LogP contribution in [0.5, 0.6) is 0 Å². The van der Waals surface area contributed by atoms with Crippen molar-refractivity contribution in [3.63, 3.8) is 0 Å². The average Bonchev–Trinajstić information content (AvgIpc) is 2.16. The van der Waals surface area contributed by atoms with Gasteiger partial charge in [0.25, 0.3) is 0 Å². The summed E-state index contributed by atoms with van der Waals surface area (Å²) in [7, 11) is -7.22. The van der Waals surface area contributed by atoms with Gasteiger partial charge in [0, 0.05) is 0 Å². The molecule has 0 atom stereocenters. The molecule has 0 aliphatic carbocycles. The summed E-state index contributed by atoms with van der Waals surface area (Å²) in [6.45, 7) is 5.22. The fourth-order valence-electron chi connectivity index (χ4n) is 1.58. The highest BCUT2D eigenvalue weighted by molar-refractivity contribution is 7.92. The van der Waals surface area contributed by atoms with Crippen molar-refractivity contribution >= 4 is 25.7 Å². The SMILES string of the molecule is Cc1cc(S(N)(=O)=O)ccc1NS(=O)(=O)CC(C)C. The third kappa shape index (κ3) is 4.81. The molecule has 0 spiro atoms. The maximum atomic E-state index is 11.8. The summed E-state index contributed by atoms with van der Waals surface area (Å²) in [6, 6.07) is 4.01. The first-order chi connectivity index (χ1) is 8.51. The fraction of sp³-hybridized carbons (Fsp3) is 0.455. The first-order valence-corrected chi connectivity index (χ1v) is 8.85. The lowest BCUT2D eigenvalue weighted by Gasteiger charge is -2.12. The van der Waals surface area contributed by atoms with Gasteiger partial charge in [-0.25, -0.2) is 22.0 Å². The molecule has 0 bridgehead atoms. The summed E-state index contributed by atoms with van der Waals surface area (Å²) in [6.07, 6.45) is 0. The van der Waals surface area contributed by atoms with Crippen LogP contribution in [0.2, 0.25) is 0 Å².